The molecule has 0 heterocycles. The molecular formula is C16H19NO8. The summed E-state index contributed by atoms with van der Waals surface area (Å²) >= 11 is 0. The summed E-state index contributed by atoms with van der Waals surface area (Å²) < 4.78 is 14.8. The maximum absolute atomic E-state index is 12.5. The summed E-state index contributed by atoms with van der Waals surface area (Å²) in [5.74, 6) is -3.05. The number of ether oxygens (including phenoxy) is 3. The minimum absolute atomic E-state index is 0.0322. The van der Waals surface area contributed by atoms with Gasteiger partial charge in [-0.1, -0.05) is 0 Å². The SMILES string of the molecule is CCOC(=O)C(CC(=O)c1cc(OC)cc(OC)c1)(NC=O)C(=O)O. The summed E-state index contributed by atoms with van der Waals surface area (Å²) in [4.78, 5) is 47.1. The van der Waals surface area contributed by atoms with Crippen molar-refractivity contribution in [2.75, 3.05) is 20.8 Å². The number of aliphatic carboxylic acids is 1. The molecule has 1 atom stereocenters. The predicted molar refractivity (Wildman–Crippen MR) is 84.7 cm³/mol. The van der Waals surface area contributed by atoms with Gasteiger partial charge in [0.1, 0.15) is 11.5 Å². The average Bonchev–Trinajstić information content (AvgIpc) is 2.60. The molecule has 1 unspecified atom stereocenters. The van der Waals surface area contributed by atoms with Gasteiger partial charge in [0.15, 0.2) is 5.78 Å². The van der Waals surface area contributed by atoms with E-state index in [1.54, 1.807) is 0 Å². The van der Waals surface area contributed by atoms with Crippen molar-refractivity contribution in [1.82, 2.24) is 5.32 Å². The molecule has 1 rings (SSSR count). The van der Waals surface area contributed by atoms with Crippen molar-refractivity contribution < 1.29 is 38.5 Å². The number of hydrogen-bond donors (Lipinski definition) is 2. The van der Waals surface area contributed by atoms with Gasteiger partial charge >= 0.3 is 11.9 Å². The van der Waals surface area contributed by atoms with Crippen molar-refractivity contribution >= 4 is 24.1 Å². The molecule has 0 aromatic heterocycles. The fraction of sp³-hybridized carbons (Fsp3) is 0.375. The summed E-state index contributed by atoms with van der Waals surface area (Å²) in [7, 11) is 2.77. The Balaban J connectivity index is 3.28. The lowest BCUT2D eigenvalue weighted by Crippen LogP contribution is -2.59. The number of nitrogens with one attached hydrogen (secondary N) is 1. The molecule has 9 nitrogen and oxygen atoms in total. The van der Waals surface area contributed by atoms with E-state index < -0.39 is 29.7 Å². The monoisotopic (exact) mass is 353 g/mol. The summed E-state index contributed by atoms with van der Waals surface area (Å²) in [6.07, 6.45) is -0.805. The van der Waals surface area contributed by atoms with Crippen LogP contribution >= 0.6 is 0 Å². The van der Waals surface area contributed by atoms with Crippen LogP contribution in [0.5, 0.6) is 11.5 Å². The highest BCUT2D eigenvalue weighted by atomic mass is 16.5. The summed E-state index contributed by atoms with van der Waals surface area (Å²) in [6.45, 7) is 1.36. The number of esters is 1. The van der Waals surface area contributed by atoms with E-state index in [1.807, 2.05) is 5.32 Å². The fourth-order valence-electron chi connectivity index (χ4n) is 2.07. The number of carbonyl (C=O) groups excluding carboxylic acids is 3. The van der Waals surface area contributed by atoms with Crippen LogP contribution in [0.25, 0.3) is 0 Å². The largest absolute Gasteiger partial charge is 0.497 e. The van der Waals surface area contributed by atoms with E-state index in [0.29, 0.717) is 11.5 Å². The lowest BCUT2D eigenvalue weighted by molar-refractivity contribution is -0.163. The van der Waals surface area contributed by atoms with Gasteiger partial charge in [0.05, 0.1) is 27.2 Å². The first-order valence-electron chi connectivity index (χ1n) is 7.22. The third-order valence-corrected chi connectivity index (χ3v) is 3.39. The van der Waals surface area contributed by atoms with Crippen LogP contribution in [0, 0.1) is 0 Å². The minimum Gasteiger partial charge on any atom is -0.497 e. The second-order valence-corrected chi connectivity index (χ2v) is 4.89. The molecule has 1 amide bonds. The quantitative estimate of drug-likeness (QED) is 0.268. The molecule has 25 heavy (non-hydrogen) atoms. The number of carbonyl (C=O) groups is 4. The van der Waals surface area contributed by atoms with Crippen molar-refractivity contribution in [3.05, 3.63) is 23.8 Å². The smallest absolute Gasteiger partial charge is 0.344 e. The van der Waals surface area contributed by atoms with Crippen LogP contribution in [0.15, 0.2) is 18.2 Å². The molecule has 1 aromatic carbocycles. The molecule has 0 bridgehead atoms. The zero-order valence-corrected chi connectivity index (χ0v) is 14.0. The lowest BCUT2D eigenvalue weighted by Gasteiger charge is -2.25. The molecule has 0 radical (unpaired) electrons. The Hall–Kier alpha value is -3.10. The van der Waals surface area contributed by atoms with E-state index in [2.05, 4.69) is 0 Å². The van der Waals surface area contributed by atoms with Crippen LogP contribution in [0.2, 0.25) is 0 Å². The predicted octanol–water partition coefficient (Wildman–Crippen LogP) is 0.409. The lowest BCUT2D eigenvalue weighted by atomic mass is 9.90. The number of Topliss-reactive ketones (excluding diaryl/α,β-unsaturated/α-hetero) is 1. The van der Waals surface area contributed by atoms with E-state index >= 15 is 0 Å². The van der Waals surface area contributed by atoms with Crippen molar-refractivity contribution in [2.24, 2.45) is 0 Å². The minimum atomic E-state index is -2.52. The zero-order valence-electron chi connectivity index (χ0n) is 14.0. The Morgan fingerprint density at radius 1 is 1.16 bits per heavy atom. The Morgan fingerprint density at radius 2 is 1.72 bits per heavy atom. The molecule has 0 aliphatic heterocycles. The third-order valence-electron chi connectivity index (χ3n) is 3.39. The number of ketones is 1. The van der Waals surface area contributed by atoms with E-state index in [1.165, 1.54) is 39.3 Å². The van der Waals surface area contributed by atoms with Crippen molar-refractivity contribution in [3.8, 4) is 11.5 Å². The number of benzene rings is 1. The second-order valence-electron chi connectivity index (χ2n) is 4.89. The molecule has 136 valence electrons. The summed E-state index contributed by atoms with van der Waals surface area (Å²) in [6, 6.07) is 4.25. The van der Waals surface area contributed by atoms with Gasteiger partial charge in [-0.2, -0.15) is 0 Å². The van der Waals surface area contributed by atoms with Crippen molar-refractivity contribution in [3.63, 3.8) is 0 Å². The standard InChI is InChI=1S/C16H19NO8/c1-4-25-15(22)16(14(20)21,17-9-18)8-13(19)10-5-11(23-2)7-12(6-10)24-3/h5-7,9H,4,8H2,1-3H3,(H,17,18)(H,20,21). The molecule has 0 aliphatic rings. The van der Waals surface area contributed by atoms with Crippen LogP contribution < -0.4 is 14.8 Å². The molecule has 1 aromatic rings. The van der Waals surface area contributed by atoms with Crippen LogP contribution in [0.3, 0.4) is 0 Å². The van der Waals surface area contributed by atoms with E-state index in [0.717, 1.165) is 0 Å². The van der Waals surface area contributed by atoms with Crippen molar-refractivity contribution in [1.29, 1.82) is 0 Å². The first kappa shape index (κ1) is 19.9. The maximum atomic E-state index is 12.5. The maximum Gasteiger partial charge on any atom is 0.344 e. The molecule has 0 saturated heterocycles. The van der Waals surface area contributed by atoms with Crippen LogP contribution in [0.4, 0.5) is 0 Å². The highest BCUT2D eigenvalue weighted by Gasteiger charge is 2.49. The van der Waals surface area contributed by atoms with E-state index in [-0.39, 0.29) is 18.6 Å². The number of rotatable bonds is 10. The Bertz CT molecular complexity index is 650. The van der Waals surface area contributed by atoms with Gasteiger partial charge in [-0.25, -0.2) is 9.59 Å². The molecule has 0 aliphatic carbocycles. The number of amides is 1. The molecule has 9 heteroatoms. The fourth-order valence-corrected chi connectivity index (χ4v) is 2.07. The third kappa shape index (κ3) is 4.46. The van der Waals surface area contributed by atoms with E-state index in [4.69, 9.17) is 14.2 Å². The highest BCUT2D eigenvalue weighted by molar-refractivity contribution is 6.12. The van der Waals surface area contributed by atoms with Gasteiger partial charge in [0.25, 0.3) is 0 Å². The van der Waals surface area contributed by atoms with Gasteiger partial charge in [0.2, 0.25) is 11.9 Å². The number of methoxy groups -OCH3 is 2. The Morgan fingerprint density at radius 3 is 2.12 bits per heavy atom. The van der Waals surface area contributed by atoms with Crippen LogP contribution in [0.1, 0.15) is 23.7 Å². The number of carboxylic acids is 1. The van der Waals surface area contributed by atoms with Crippen molar-refractivity contribution in [2.45, 2.75) is 18.9 Å². The molecule has 0 fully saturated rings. The highest BCUT2D eigenvalue weighted by Crippen LogP contribution is 2.25. The average molecular weight is 353 g/mol. The van der Waals surface area contributed by atoms with Gasteiger partial charge in [0, 0.05) is 11.6 Å². The van der Waals surface area contributed by atoms with Crippen LogP contribution in [-0.2, 0) is 19.1 Å². The normalized spacial score (nSPS) is 12.4. The molecule has 0 saturated carbocycles. The Labute approximate surface area is 143 Å². The van der Waals surface area contributed by atoms with Gasteiger partial charge in [-0.05, 0) is 19.1 Å². The Kier molecular flexibility index (Phi) is 6.92. The van der Waals surface area contributed by atoms with Crippen LogP contribution in [-0.4, -0.2) is 55.6 Å². The summed E-state index contributed by atoms with van der Waals surface area (Å²) in [5, 5.41) is 11.3. The topological polar surface area (TPSA) is 128 Å². The zero-order chi connectivity index (χ0) is 19.0. The van der Waals surface area contributed by atoms with E-state index in [9.17, 15) is 24.3 Å². The second kappa shape index (κ2) is 8.67. The first-order valence-corrected chi connectivity index (χ1v) is 7.22. The first-order chi connectivity index (χ1) is 11.8. The van der Waals surface area contributed by atoms with Gasteiger partial charge in [-0.3, -0.25) is 9.59 Å². The molecular weight excluding hydrogens is 334 g/mol. The van der Waals surface area contributed by atoms with Gasteiger partial charge < -0.3 is 24.6 Å². The number of carboxylic acid groups (broad SMARTS) is 1. The van der Waals surface area contributed by atoms with Gasteiger partial charge in [-0.15, -0.1) is 0 Å². The summed E-state index contributed by atoms with van der Waals surface area (Å²) in [5.41, 5.74) is -2.47. The molecule has 0 spiro atoms. The number of hydrogen-bond acceptors (Lipinski definition) is 7. The molecule has 2 N–H and O–H groups in total.